The number of imidazole rings is 1. The van der Waals surface area contributed by atoms with E-state index in [9.17, 15) is 14.4 Å². The minimum absolute atomic E-state index is 0.127. The van der Waals surface area contributed by atoms with Crippen molar-refractivity contribution in [2.45, 2.75) is 52.4 Å². The minimum Gasteiger partial charge on any atom is -0.453 e. The predicted molar refractivity (Wildman–Crippen MR) is 78.5 cm³/mol. The van der Waals surface area contributed by atoms with Crippen molar-refractivity contribution in [1.82, 2.24) is 9.55 Å². The van der Waals surface area contributed by atoms with Crippen LogP contribution < -0.4 is 0 Å². The normalized spacial score (nSPS) is 25.1. The standard InChI is InChI=1S/C15H17N3O7/c1-7-17-11(5-16)6-18(7)14-12(22-8(2)19)13(23-9(3)20)15(25-14)24-10(4)21/h6,12-15H,1-4H3. The molecule has 10 nitrogen and oxygen atoms in total. The van der Waals surface area contributed by atoms with Crippen LogP contribution in [0.4, 0.5) is 0 Å². The number of carbonyl (C=O) groups excluding carboxylic acids is 3. The van der Waals surface area contributed by atoms with Gasteiger partial charge in [-0.05, 0) is 6.92 Å². The summed E-state index contributed by atoms with van der Waals surface area (Å²) in [6.45, 7) is 5.13. The van der Waals surface area contributed by atoms with Crippen molar-refractivity contribution in [2.75, 3.05) is 0 Å². The molecule has 1 aromatic heterocycles. The van der Waals surface area contributed by atoms with E-state index in [4.69, 9.17) is 24.2 Å². The van der Waals surface area contributed by atoms with Gasteiger partial charge in [-0.3, -0.25) is 14.4 Å². The molecule has 0 N–H and O–H groups in total. The van der Waals surface area contributed by atoms with Gasteiger partial charge in [0, 0.05) is 27.0 Å². The van der Waals surface area contributed by atoms with Gasteiger partial charge in [0.1, 0.15) is 11.9 Å². The van der Waals surface area contributed by atoms with Crippen molar-refractivity contribution in [3.05, 3.63) is 17.7 Å². The Balaban J connectivity index is 2.43. The first kappa shape index (κ1) is 18.4. The summed E-state index contributed by atoms with van der Waals surface area (Å²) in [7, 11) is 0. The Morgan fingerprint density at radius 3 is 2.16 bits per heavy atom. The molecule has 1 aliphatic rings. The summed E-state index contributed by atoms with van der Waals surface area (Å²) in [6, 6.07) is 1.89. The van der Waals surface area contributed by atoms with Crippen molar-refractivity contribution < 1.29 is 33.3 Å². The predicted octanol–water partition coefficient (Wildman–Crippen LogP) is 0.345. The summed E-state index contributed by atoms with van der Waals surface area (Å²) >= 11 is 0. The number of nitrogens with zero attached hydrogens (tertiary/aromatic N) is 3. The van der Waals surface area contributed by atoms with Gasteiger partial charge in [0.25, 0.3) is 0 Å². The van der Waals surface area contributed by atoms with Crippen molar-refractivity contribution >= 4 is 17.9 Å². The quantitative estimate of drug-likeness (QED) is 0.557. The number of nitriles is 1. The highest BCUT2D eigenvalue weighted by Crippen LogP contribution is 2.35. The lowest BCUT2D eigenvalue weighted by atomic mass is 10.2. The Morgan fingerprint density at radius 2 is 1.68 bits per heavy atom. The van der Waals surface area contributed by atoms with Crippen LogP contribution in [0.3, 0.4) is 0 Å². The smallest absolute Gasteiger partial charge is 0.305 e. The van der Waals surface area contributed by atoms with Crippen LogP contribution in [0.1, 0.15) is 38.5 Å². The number of hydrogen-bond donors (Lipinski definition) is 0. The SMILES string of the molecule is CC(=O)OC1OC(n2cc(C#N)nc2C)C(OC(C)=O)C1OC(C)=O. The second-order valence-electron chi connectivity index (χ2n) is 5.34. The van der Waals surface area contributed by atoms with Gasteiger partial charge in [-0.1, -0.05) is 0 Å². The van der Waals surface area contributed by atoms with E-state index < -0.39 is 42.6 Å². The molecule has 4 unspecified atom stereocenters. The van der Waals surface area contributed by atoms with E-state index in [1.165, 1.54) is 31.5 Å². The lowest BCUT2D eigenvalue weighted by Gasteiger charge is -2.23. The van der Waals surface area contributed by atoms with E-state index in [0.29, 0.717) is 5.82 Å². The Bertz CT molecular complexity index is 736. The number of hydrogen-bond acceptors (Lipinski definition) is 9. The molecule has 1 saturated heterocycles. The molecule has 0 aliphatic carbocycles. The maximum Gasteiger partial charge on any atom is 0.305 e. The van der Waals surface area contributed by atoms with E-state index in [1.54, 1.807) is 6.92 Å². The fourth-order valence-corrected chi connectivity index (χ4v) is 2.52. The third-order valence-corrected chi connectivity index (χ3v) is 3.34. The Morgan fingerprint density at radius 1 is 1.12 bits per heavy atom. The molecule has 0 saturated carbocycles. The van der Waals surface area contributed by atoms with Gasteiger partial charge in [-0.2, -0.15) is 5.26 Å². The average molecular weight is 351 g/mol. The van der Waals surface area contributed by atoms with Crippen LogP contribution in [0, 0.1) is 18.3 Å². The summed E-state index contributed by atoms with van der Waals surface area (Å²) in [6.07, 6.45) is -3.12. The highest BCUT2D eigenvalue weighted by Gasteiger charge is 2.52. The molecule has 0 spiro atoms. The van der Waals surface area contributed by atoms with E-state index in [-0.39, 0.29) is 5.69 Å². The number of esters is 3. The average Bonchev–Trinajstić information content (AvgIpc) is 3.00. The summed E-state index contributed by atoms with van der Waals surface area (Å²) in [5.41, 5.74) is 0.127. The first-order valence-corrected chi connectivity index (χ1v) is 7.35. The fraction of sp³-hybridized carbons (Fsp3) is 0.533. The molecule has 0 aromatic carbocycles. The van der Waals surface area contributed by atoms with E-state index in [1.807, 2.05) is 6.07 Å². The molecule has 25 heavy (non-hydrogen) atoms. The largest absolute Gasteiger partial charge is 0.453 e. The van der Waals surface area contributed by atoms with Gasteiger partial charge in [0.2, 0.25) is 12.4 Å². The van der Waals surface area contributed by atoms with Gasteiger partial charge in [0.15, 0.2) is 18.0 Å². The van der Waals surface area contributed by atoms with Crippen LogP contribution in [-0.4, -0.2) is 46.0 Å². The van der Waals surface area contributed by atoms with Gasteiger partial charge in [-0.25, -0.2) is 4.98 Å². The van der Waals surface area contributed by atoms with Gasteiger partial charge >= 0.3 is 17.9 Å². The van der Waals surface area contributed by atoms with Crippen molar-refractivity contribution in [3.8, 4) is 6.07 Å². The highest BCUT2D eigenvalue weighted by molar-refractivity contribution is 5.68. The molecule has 0 radical (unpaired) electrons. The van der Waals surface area contributed by atoms with Gasteiger partial charge in [0.05, 0.1) is 0 Å². The van der Waals surface area contributed by atoms with E-state index in [0.717, 1.165) is 0 Å². The topological polar surface area (TPSA) is 130 Å². The zero-order valence-electron chi connectivity index (χ0n) is 14.1. The molecule has 1 aliphatic heterocycles. The molecule has 2 rings (SSSR count). The molecule has 0 amide bonds. The Labute approximate surface area is 143 Å². The lowest BCUT2D eigenvalue weighted by Crippen LogP contribution is -2.40. The molecule has 134 valence electrons. The second-order valence-corrected chi connectivity index (χ2v) is 5.34. The van der Waals surface area contributed by atoms with Crippen LogP contribution >= 0.6 is 0 Å². The molecule has 0 bridgehead atoms. The first-order chi connectivity index (χ1) is 11.7. The van der Waals surface area contributed by atoms with Crippen molar-refractivity contribution in [3.63, 3.8) is 0 Å². The number of aryl methyl sites for hydroxylation is 1. The highest BCUT2D eigenvalue weighted by atomic mass is 16.8. The van der Waals surface area contributed by atoms with E-state index in [2.05, 4.69) is 4.98 Å². The zero-order chi connectivity index (χ0) is 18.7. The van der Waals surface area contributed by atoms with Gasteiger partial charge in [-0.15, -0.1) is 0 Å². The molecule has 10 heteroatoms. The Hall–Kier alpha value is -2.93. The van der Waals surface area contributed by atoms with Crippen molar-refractivity contribution in [1.29, 1.82) is 5.26 Å². The number of ether oxygens (including phenoxy) is 4. The maximum atomic E-state index is 11.5. The maximum absolute atomic E-state index is 11.5. The number of aromatic nitrogens is 2. The molecule has 4 atom stereocenters. The Kier molecular flexibility index (Phi) is 5.38. The number of rotatable bonds is 4. The van der Waals surface area contributed by atoms with Crippen LogP contribution in [0.2, 0.25) is 0 Å². The van der Waals surface area contributed by atoms with Gasteiger partial charge < -0.3 is 23.5 Å². The monoisotopic (exact) mass is 351 g/mol. The lowest BCUT2D eigenvalue weighted by molar-refractivity contribution is -0.198. The van der Waals surface area contributed by atoms with Crippen LogP contribution in [-0.2, 0) is 33.3 Å². The third kappa shape index (κ3) is 4.13. The minimum atomic E-state index is -1.27. The molecule has 1 aromatic rings. The van der Waals surface area contributed by atoms with E-state index >= 15 is 0 Å². The van der Waals surface area contributed by atoms with Crippen molar-refractivity contribution in [2.24, 2.45) is 0 Å². The summed E-state index contributed by atoms with van der Waals surface area (Å²) in [5.74, 6) is -1.56. The molecule has 1 fully saturated rings. The fourth-order valence-electron chi connectivity index (χ4n) is 2.52. The molecule has 2 heterocycles. The second kappa shape index (κ2) is 7.31. The summed E-state index contributed by atoms with van der Waals surface area (Å²) in [4.78, 5) is 38.2. The zero-order valence-corrected chi connectivity index (χ0v) is 14.1. The summed E-state index contributed by atoms with van der Waals surface area (Å²) in [5, 5.41) is 8.98. The molecular formula is C15H17N3O7. The number of carbonyl (C=O) groups is 3. The molecular weight excluding hydrogens is 334 g/mol. The van der Waals surface area contributed by atoms with Crippen LogP contribution in [0.5, 0.6) is 0 Å². The first-order valence-electron chi connectivity index (χ1n) is 7.35. The summed E-state index contributed by atoms with van der Waals surface area (Å²) < 4.78 is 22.5. The van der Waals surface area contributed by atoms with Crippen LogP contribution in [0.25, 0.3) is 0 Å². The van der Waals surface area contributed by atoms with Crippen LogP contribution in [0.15, 0.2) is 6.20 Å². The third-order valence-electron chi connectivity index (χ3n) is 3.34.